The number of hydrogen-bond acceptors (Lipinski definition) is 4. The number of amides is 2. The Morgan fingerprint density at radius 2 is 1.84 bits per heavy atom. The second kappa shape index (κ2) is 5.72. The van der Waals surface area contributed by atoms with E-state index in [0.717, 1.165) is 11.1 Å². The highest BCUT2D eigenvalue weighted by Gasteiger charge is 2.55. The molecule has 2 amide bonds. The van der Waals surface area contributed by atoms with E-state index in [4.69, 9.17) is 16.4 Å². The van der Waals surface area contributed by atoms with Crippen LogP contribution in [-0.4, -0.2) is 17.4 Å². The highest BCUT2D eigenvalue weighted by Crippen LogP contribution is 2.39. The number of carbonyl (C=O) groups excluding carboxylic acids is 2. The van der Waals surface area contributed by atoms with Crippen molar-refractivity contribution in [1.82, 2.24) is 5.48 Å². The maximum atomic E-state index is 12.9. The van der Waals surface area contributed by atoms with Crippen molar-refractivity contribution < 1.29 is 14.4 Å². The van der Waals surface area contributed by atoms with Gasteiger partial charge in [-0.05, 0) is 31.2 Å². The zero-order valence-electron chi connectivity index (χ0n) is 13.5. The van der Waals surface area contributed by atoms with Crippen LogP contribution in [0.25, 0.3) is 5.70 Å². The summed E-state index contributed by atoms with van der Waals surface area (Å²) in [6, 6.07) is 14.5. The minimum Gasteiger partial charge on any atom is -0.274 e. The van der Waals surface area contributed by atoms with Gasteiger partial charge in [0.15, 0.2) is 0 Å². The van der Waals surface area contributed by atoms with Crippen molar-refractivity contribution in [3.05, 3.63) is 70.8 Å². The minimum atomic E-state index is -1.34. The van der Waals surface area contributed by atoms with Gasteiger partial charge in [0.2, 0.25) is 11.5 Å². The lowest BCUT2D eigenvalue weighted by Gasteiger charge is -2.18. The van der Waals surface area contributed by atoms with Gasteiger partial charge in [0, 0.05) is 10.6 Å². The number of nitrogens with one attached hydrogen (secondary N) is 1. The van der Waals surface area contributed by atoms with Gasteiger partial charge in [-0.1, -0.05) is 47.5 Å². The Hall–Kier alpha value is -2.63. The second-order valence-electron chi connectivity index (χ2n) is 6.18. The number of hydrogen-bond donors (Lipinski definition) is 1. The molecule has 2 heterocycles. The van der Waals surface area contributed by atoms with Gasteiger partial charge in [0.25, 0.3) is 5.91 Å². The summed E-state index contributed by atoms with van der Waals surface area (Å²) in [5.41, 5.74) is 4.31. The largest absolute Gasteiger partial charge is 0.274 e. The van der Waals surface area contributed by atoms with E-state index in [-0.39, 0.29) is 12.3 Å². The first-order valence-electron chi connectivity index (χ1n) is 7.86. The molecule has 1 N–H and O–H groups in total. The first-order valence-corrected chi connectivity index (χ1v) is 8.24. The fraction of sp³-hybridized carbons (Fsp3) is 0.158. The highest BCUT2D eigenvalue weighted by molar-refractivity contribution is 6.32. The van der Waals surface area contributed by atoms with E-state index in [9.17, 15) is 9.59 Å². The molecule has 2 aliphatic heterocycles. The lowest BCUT2D eigenvalue weighted by Crippen LogP contribution is -2.40. The van der Waals surface area contributed by atoms with E-state index in [1.807, 2.05) is 37.3 Å². The van der Waals surface area contributed by atoms with Crippen LogP contribution in [0.5, 0.6) is 0 Å². The number of rotatable bonds is 2. The summed E-state index contributed by atoms with van der Waals surface area (Å²) in [7, 11) is 0. The van der Waals surface area contributed by atoms with Gasteiger partial charge in [-0.25, -0.2) is 4.90 Å². The van der Waals surface area contributed by atoms with Crippen LogP contribution in [0.1, 0.15) is 17.5 Å². The molecule has 0 radical (unpaired) electrons. The molecule has 0 bridgehead atoms. The minimum absolute atomic E-state index is 0.0549. The lowest BCUT2D eigenvalue weighted by molar-refractivity contribution is -0.136. The van der Waals surface area contributed by atoms with Gasteiger partial charge in [-0.2, -0.15) is 0 Å². The van der Waals surface area contributed by atoms with E-state index in [2.05, 4.69) is 5.48 Å². The van der Waals surface area contributed by atoms with Gasteiger partial charge in [0.1, 0.15) is 0 Å². The van der Waals surface area contributed by atoms with Gasteiger partial charge in [-0.15, -0.1) is 0 Å². The Bertz CT molecular complexity index is 907. The van der Waals surface area contributed by atoms with Crippen LogP contribution in [0.2, 0.25) is 5.02 Å². The molecule has 126 valence electrons. The lowest BCUT2D eigenvalue weighted by atomic mass is 9.99. The number of halogens is 1. The molecule has 1 fully saturated rings. The molecule has 1 saturated heterocycles. The van der Waals surface area contributed by atoms with Crippen molar-refractivity contribution in [1.29, 1.82) is 0 Å². The molecule has 0 aromatic heterocycles. The summed E-state index contributed by atoms with van der Waals surface area (Å²) in [4.78, 5) is 32.2. The smallest absolute Gasteiger partial charge is 0.273 e. The third-order valence-electron chi connectivity index (χ3n) is 4.41. The Kier molecular flexibility index (Phi) is 3.63. The number of anilines is 1. The quantitative estimate of drug-likeness (QED) is 0.841. The number of imide groups is 1. The van der Waals surface area contributed by atoms with E-state index >= 15 is 0 Å². The monoisotopic (exact) mass is 354 g/mol. The molecule has 0 aliphatic carbocycles. The standard InChI is InChI=1S/C19H15ClN2O3/c1-12-6-8-13(9-7-12)22-17(23)11-19(18(22)24)10-16(21-25-19)14-4-2-3-5-15(14)20/h2-10,21H,11H2,1H3/t19-/m0/s1. The van der Waals surface area contributed by atoms with Crippen LogP contribution in [0.4, 0.5) is 5.69 Å². The first-order chi connectivity index (χ1) is 12.0. The Morgan fingerprint density at radius 3 is 2.56 bits per heavy atom. The number of hydroxylamine groups is 1. The van der Waals surface area contributed by atoms with E-state index in [0.29, 0.717) is 16.4 Å². The van der Waals surface area contributed by atoms with Crippen LogP contribution >= 0.6 is 11.6 Å². The molecule has 2 aromatic rings. The van der Waals surface area contributed by atoms with Crippen molar-refractivity contribution >= 4 is 34.8 Å². The van der Waals surface area contributed by atoms with Gasteiger partial charge >= 0.3 is 0 Å². The molecular formula is C19H15ClN2O3. The van der Waals surface area contributed by atoms with Crippen LogP contribution in [0.15, 0.2) is 54.6 Å². The summed E-state index contributed by atoms with van der Waals surface area (Å²) < 4.78 is 0. The predicted molar refractivity (Wildman–Crippen MR) is 94.7 cm³/mol. The molecule has 2 aliphatic rings. The fourth-order valence-electron chi connectivity index (χ4n) is 3.08. The Balaban J connectivity index is 1.70. The van der Waals surface area contributed by atoms with Gasteiger partial charge in [-0.3, -0.25) is 19.9 Å². The third kappa shape index (κ3) is 2.52. The zero-order valence-corrected chi connectivity index (χ0v) is 14.2. The number of aryl methyl sites for hydroxylation is 1. The van der Waals surface area contributed by atoms with Crippen molar-refractivity contribution in [3.63, 3.8) is 0 Å². The molecule has 6 heteroatoms. The molecule has 5 nitrogen and oxygen atoms in total. The predicted octanol–water partition coefficient (Wildman–Crippen LogP) is 3.23. The maximum absolute atomic E-state index is 12.9. The average Bonchev–Trinajstić information content (AvgIpc) is 3.11. The molecule has 1 atom stereocenters. The van der Waals surface area contributed by atoms with Crippen molar-refractivity contribution in [2.24, 2.45) is 0 Å². The summed E-state index contributed by atoms with van der Waals surface area (Å²) in [5.74, 6) is -0.705. The summed E-state index contributed by atoms with van der Waals surface area (Å²) >= 11 is 6.21. The fourth-order valence-corrected chi connectivity index (χ4v) is 3.32. The SMILES string of the molecule is Cc1ccc(N2C(=O)C[C@@]3(C=C(c4ccccc4Cl)NO3)C2=O)cc1. The Morgan fingerprint density at radius 1 is 1.12 bits per heavy atom. The van der Waals surface area contributed by atoms with Crippen molar-refractivity contribution in [3.8, 4) is 0 Å². The molecule has 0 saturated carbocycles. The van der Waals surface area contributed by atoms with Crippen LogP contribution in [0.3, 0.4) is 0 Å². The van der Waals surface area contributed by atoms with Crippen LogP contribution in [0, 0.1) is 6.92 Å². The second-order valence-corrected chi connectivity index (χ2v) is 6.59. The molecule has 2 aromatic carbocycles. The van der Waals surface area contributed by atoms with Crippen molar-refractivity contribution in [2.45, 2.75) is 18.9 Å². The van der Waals surface area contributed by atoms with Crippen LogP contribution in [-0.2, 0) is 14.4 Å². The summed E-state index contributed by atoms with van der Waals surface area (Å²) in [6.07, 6.45) is 1.59. The van der Waals surface area contributed by atoms with Crippen molar-refractivity contribution in [2.75, 3.05) is 4.90 Å². The highest BCUT2D eigenvalue weighted by atomic mass is 35.5. The third-order valence-corrected chi connectivity index (χ3v) is 4.73. The summed E-state index contributed by atoms with van der Waals surface area (Å²) in [5, 5.41) is 0.536. The zero-order chi connectivity index (χ0) is 17.6. The molecular weight excluding hydrogens is 340 g/mol. The van der Waals surface area contributed by atoms with E-state index in [1.165, 1.54) is 4.90 Å². The number of nitrogens with zero attached hydrogens (tertiary/aromatic N) is 1. The Labute approximate surface area is 149 Å². The van der Waals surface area contributed by atoms with Gasteiger partial charge in [0.05, 0.1) is 17.8 Å². The van der Waals surface area contributed by atoms with Crippen LogP contribution < -0.4 is 10.4 Å². The molecule has 1 spiro atoms. The molecule has 0 unspecified atom stereocenters. The topological polar surface area (TPSA) is 58.6 Å². The number of benzene rings is 2. The summed E-state index contributed by atoms with van der Waals surface area (Å²) in [6.45, 7) is 1.95. The first kappa shape index (κ1) is 15.9. The van der Waals surface area contributed by atoms with E-state index < -0.39 is 11.5 Å². The van der Waals surface area contributed by atoms with E-state index in [1.54, 1.807) is 24.3 Å². The molecule has 25 heavy (non-hydrogen) atoms. The van der Waals surface area contributed by atoms with Gasteiger partial charge < -0.3 is 0 Å². The molecule has 4 rings (SSSR count). The average molecular weight is 355 g/mol. The maximum Gasteiger partial charge on any atom is 0.273 e. The number of carbonyl (C=O) groups is 2. The normalized spacial score (nSPS) is 22.5.